The van der Waals surface area contributed by atoms with Gasteiger partial charge in [0.1, 0.15) is 5.41 Å². The van der Waals surface area contributed by atoms with Gasteiger partial charge in [-0.3, -0.25) is 9.59 Å². The number of carbonyl (C=O) groups is 2. The highest BCUT2D eigenvalue weighted by Gasteiger charge is 2.57. The summed E-state index contributed by atoms with van der Waals surface area (Å²) in [5, 5.41) is 11.7. The number of amides is 1. The average Bonchev–Trinajstić information content (AvgIpc) is 3.12. The van der Waals surface area contributed by atoms with Gasteiger partial charge in [0, 0.05) is 5.69 Å². The summed E-state index contributed by atoms with van der Waals surface area (Å²) in [4.78, 5) is 22.9. The van der Waals surface area contributed by atoms with Crippen LogP contribution in [-0.2, 0) is 16.0 Å². The molecule has 1 aromatic carbocycles. The van der Waals surface area contributed by atoms with Crippen molar-refractivity contribution in [2.45, 2.75) is 33.1 Å². The monoisotopic (exact) mass is 261 g/mol. The Morgan fingerprint density at radius 1 is 1.26 bits per heavy atom. The molecule has 1 aliphatic rings. The number of benzene rings is 1. The Balaban J connectivity index is 2.00. The minimum atomic E-state index is -1.18. The number of rotatable bonds is 5. The van der Waals surface area contributed by atoms with Crippen molar-refractivity contribution in [3.63, 3.8) is 0 Å². The van der Waals surface area contributed by atoms with Crippen LogP contribution in [0.2, 0.25) is 0 Å². The smallest absolute Gasteiger partial charge is 0.319 e. The molecule has 1 saturated carbocycles. The van der Waals surface area contributed by atoms with E-state index in [2.05, 4.69) is 19.2 Å². The lowest BCUT2D eigenvalue weighted by Gasteiger charge is -2.11. The van der Waals surface area contributed by atoms with Crippen LogP contribution in [-0.4, -0.2) is 17.0 Å². The SMILES string of the molecule is CC(C)Cc1ccc(NC(=O)C2(C(=O)O)CC2)cc1. The standard InChI is InChI=1S/C15H19NO3/c1-10(2)9-11-3-5-12(6-4-11)16-13(17)15(7-8-15)14(18)19/h3-6,10H,7-9H2,1-2H3,(H,16,17)(H,18,19). The summed E-state index contributed by atoms with van der Waals surface area (Å²) in [5.41, 5.74) is 0.689. The Hall–Kier alpha value is -1.84. The van der Waals surface area contributed by atoms with Gasteiger partial charge in [0.15, 0.2) is 0 Å². The predicted molar refractivity (Wildman–Crippen MR) is 72.9 cm³/mol. The van der Waals surface area contributed by atoms with Crippen molar-refractivity contribution >= 4 is 17.6 Å². The lowest BCUT2D eigenvalue weighted by atomic mass is 10.0. The van der Waals surface area contributed by atoms with Gasteiger partial charge in [-0.05, 0) is 42.9 Å². The molecular formula is C15H19NO3. The summed E-state index contributed by atoms with van der Waals surface area (Å²) < 4.78 is 0. The van der Waals surface area contributed by atoms with E-state index in [-0.39, 0.29) is 0 Å². The Morgan fingerprint density at radius 2 is 1.84 bits per heavy atom. The number of nitrogens with one attached hydrogen (secondary N) is 1. The molecule has 1 fully saturated rings. The van der Waals surface area contributed by atoms with Crippen LogP contribution in [0.5, 0.6) is 0 Å². The first-order chi connectivity index (χ1) is 8.94. The van der Waals surface area contributed by atoms with Gasteiger partial charge in [-0.25, -0.2) is 0 Å². The number of carbonyl (C=O) groups excluding carboxylic acids is 1. The van der Waals surface area contributed by atoms with Crippen LogP contribution in [0, 0.1) is 11.3 Å². The van der Waals surface area contributed by atoms with Crippen LogP contribution in [0.3, 0.4) is 0 Å². The Labute approximate surface area is 112 Å². The number of anilines is 1. The Kier molecular flexibility index (Phi) is 3.60. The van der Waals surface area contributed by atoms with Gasteiger partial charge in [-0.15, -0.1) is 0 Å². The van der Waals surface area contributed by atoms with Gasteiger partial charge >= 0.3 is 5.97 Å². The molecular weight excluding hydrogens is 242 g/mol. The molecule has 4 heteroatoms. The van der Waals surface area contributed by atoms with Crippen molar-refractivity contribution in [2.24, 2.45) is 11.3 Å². The molecule has 1 aliphatic carbocycles. The predicted octanol–water partition coefficient (Wildman–Crippen LogP) is 2.69. The molecule has 0 spiro atoms. The van der Waals surface area contributed by atoms with Crippen LogP contribution < -0.4 is 5.32 Å². The van der Waals surface area contributed by atoms with Crippen LogP contribution in [0.1, 0.15) is 32.3 Å². The molecule has 2 N–H and O–H groups in total. The molecule has 0 aromatic heterocycles. The summed E-state index contributed by atoms with van der Waals surface area (Å²) in [6.07, 6.45) is 1.85. The van der Waals surface area contributed by atoms with Gasteiger partial charge in [0.25, 0.3) is 0 Å². The van der Waals surface area contributed by atoms with E-state index in [9.17, 15) is 9.59 Å². The fourth-order valence-electron chi connectivity index (χ4n) is 2.11. The molecule has 0 heterocycles. The maximum atomic E-state index is 11.9. The second-order valence-electron chi connectivity index (χ2n) is 5.64. The van der Waals surface area contributed by atoms with Crippen LogP contribution >= 0.6 is 0 Å². The molecule has 2 rings (SSSR count). The van der Waals surface area contributed by atoms with E-state index >= 15 is 0 Å². The van der Waals surface area contributed by atoms with Crippen LogP contribution in [0.15, 0.2) is 24.3 Å². The van der Waals surface area contributed by atoms with Gasteiger partial charge in [0.2, 0.25) is 5.91 Å². The van der Waals surface area contributed by atoms with Gasteiger partial charge < -0.3 is 10.4 Å². The van der Waals surface area contributed by atoms with Crippen molar-refractivity contribution < 1.29 is 14.7 Å². The zero-order valence-electron chi connectivity index (χ0n) is 11.3. The van der Waals surface area contributed by atoms with Crippen molar-refractivity contribution in [3.8, 4) is 0 Å². The number of carboxylic acids is 1. The van der Waals surface area contributed by atoms with Crippen molar-refractivity contribution in [1.29, 1.82) is 0 Å². The maximum absolute atomic E-state index is 11.9. The topological polar surface area (TPSA) is 66.4 Å². The first-order valence-electron chi connectivity index (χ1n) is 6.58. The minimum absolute atomic E-state index is 0.406. The fourth-order valence-corrected chi connectivity index (χ4v) is 2.11. The summed E-state index contributed by atoms with van der Waals surface area (Å²) in [7, 11) is 0. The van der Waals surface area contributed by atoms with E-state index in [1.807, 2.05) is 24.3 Å². The normalized spacial score (nSPS) is 16.2. The number of carboxylic acid groups (broad SMARTS) is 1. The van der Waals surface area contributed by atoms with Gasteiger partial charge in [-0.2, -0.15) is 0 Å². The quantitative estimate of drug-likeness (QED) is 0.801. The lowest BCUT2D eigenvalue weighted by Crippen LogP contribution is -2.31. The van der Waals surface area contributed by atoms with E-state index in [1.54, 1.807) is 0 Å². The summed E-state index contributed by atoms with van der Waals surface area (Å²) >= 11 is 0. The number of hydrogen-bond acceptors (Lipinski definition) is 2. The molecule has 1 amide bonds. The minimum Gasteiger partial charge on any atom is -0.480 e. The maximum Gasteiger partial charge on any atom is 0.319 e. The zero-order chi connectivity index (χ0) is 14.0. The van der Waals surface area contributed by atoms with Crippen LogP contribution in [0.25, 0.3) is 0 Å². The summed E-state index contributed by atoms with van der Waals surface area (Å²) in [6, 6.07) is 7.59. The van der Waals surface area contributed by atoms with Crippen molar-refractivity contribution in [2.75, 3.05) is 5.32 Å². The van der Waals surface area contributed by atoms with E-state index in [1.165, 1.54) is 5.56 Å². The molecule has 1 aromatic rings. The molecule has 4 nitrogen and oxygen atoms in total. The molecule has 19 heavy (non-hydrogen) atoms. The summed E-state index contributed by atoms with van der Waals surface area (Å²) in [6.45, 7) is 4.30. The average molecular weight is 261 g/mol. The van der Waals surface area contributed by atoms with E-state index in [0.29, 0.717) is 24.4 Å². The fraction of sp³-hybridized carbons (Fsp3) is 0.467. The van der Waals surface area contributed by atoms with E-state index < -0.39 is 17.3 Å². The van der Waals surface area contributed by atoms with Gasteiger partial charge in [-0.1, -0.05) is 26.0 Å². The highest BCUT2D eigenvalue weighted by Crippen LogP contribution is 2.46. The first kappa shape index (κ1) is 13.6. The Bertz CT molecular complexity index is 487. The van der Waals surface area contributed by atoms with Crippen LogP contribution in [0.4, 0.5) is 5.69 Å². The molecule has 0 unspecified atom stereocenters. The third kappa shape index (κ3) is 2.95. The largest absolute Gasteiger partial charge is 0.480 e. The number of hydrogen-bond donors (Lipinski definition) is 2. The van der Waals surface area contributed by atoms with E-state index in [0.717, 1.165) is 6.42 Å². The first-order valence-corrected chi connectivity index (χ1v) is 6.58. The van der Waals surface area contributed by atoms with E-state index in [4.69, 9.17) is 5.11 Å². The number of aliphatic carboxylic acids is 1. The third-order valence-electron chi connectivity index (χ3n) is 3.45. The highest BCUT2D eigenvalue weighted by molar-refractivity contribution is 6.10. The highest BCUT2D eigenvalue weighted by atomic mass is 16.4. The molecule has 0 atom stereocenters. The zero-order valence-corrected chi connectivity index (χ0v) is 11.3. The Morgan fingerprint density at radius 3 is 2.26 bits per heavy atom. The molecule has 0 radical (unpaired) electrons. The molecule has 0 aliphatic heterocycles. The second kappa shape index (κ2) is 5.03. The molecule has 102 valence electrons. The molecule has 0 saturated heterocycles. The molecule has 0 bridgehead atoms. The summed E-state index contributed by atoms with van der Waals surface area (Å²) in [5.74, 6) is -0.847. The van der Waals surface area contributed by atoms with Crippen molar-refractivity contribution in [1.82, 2.24) is 0 Å². The lowest BCUT2D eigenvalue weighted by molar-refractivity contribution is -0.147. The van der Waals surface area contributed by atoms with Crippen molar-refractivity contribution in [3.05, 3.63) is 29.8 Å². The van der Waals surface area contributed by atoms with Gasteiger partial charge in [0.05, 0.1) is 0 Å². The third-order valence-corrected chi connectivity index (χ3v) is 3.45. The second-order valence-corrected chi connectivity index (χ2v) is 5.64.